The Balaban J connectivity index is 2.31. The van der Waals surface area contributed by atoms with Gasteiger partial charge >= 0.3 is 5.97 Å². The van der Waals surface area contributed by atoms with Gasteiger partial charge in [-0.2, -0.15) is 0 Å². The number of rotatable bonds is 4. The lowest BCUT2D eigenvalue weighted by atomic mass is 10.1. The van der Waals surface area contributed by atoms with Crippen molar-refractivity contribution in [2.45, 2.75) is 6.92 Å². The molecule has 2 rings (SSSR count). The predicted octanol–water partition coefficient (Wildman–Crippen LogP) is 3.35. The number of hydrogen-bond donors (Lipinski definition) is 2. The number of aryl methyl sites for hydroxylation is 1. The molecule has 0 aliphatic heterocycles. The Labute approximate surface area is 114 Å². The molecule has 102 valence electrons. The van der Waals surface area contributed by atoms with Gasteiger partial charge in [-0.3, -0.25) is 10.1 Å². The summed E-state index contributed by atoms with van der Waals surface area (Å²) < 4.78 is 0. The van der Waals surface area contributed by atoms with Gasteiger partial charge < -0.3 is 10.4 Å². The molecule has 2 aromatic rings. The van der Waals surface area contributed by atoms with Crippen LogP contribution in [0, 0.1) is 17.0 Å². The number of nitrogens with one attached hydrogen (secondary N) is 1. The van der Waals surface area contributed by atoms with Gasteiger partial charge in [0.05, 0.1) is 10.5 Å². The van der Waals surface area contributed by atoms with Gasteiger partial charge in [0.25, 0.3) is 5.69 Å². The molecule has 0 radical (unpaired) electrons. The number of hydrogen-bond acceptors (Lipinski definition) is 4. The van der Waals surface area contributed by atoms with Gasteiger partial charge in [-0.1, -0.05) is 6.07 Å². The lowest BCUT2D eigenvalue weighted by Crippen LogP contribution is -1.99. The van der Waals surface area contributed by atoms with Crippen LogP contribution in [0.2, 0.25) is 0 Å². The molecule has 0 saturated heterocycles. The highest BCUT2D eigenvalue weighted by atomic mass is 16.6. The first-order valence-electron chi connectivity index (χ1n) is 5.83. The predicted molar refractivity (Wildman–Crippen MR) is 74.5 cm³/mol. The highest BCUT2D eigenvalue weighted by Crippen LogP contribution is 2.28. The minimum Gasteiger partial charge on any atom is -0.478 e. The number of carboxylic acids is 1. The average molecular weight is 272 g/mol. The summed E-state index contributed by atoms with van der Waals surface area (Å²) in [6, 6.07) is 10.8. The van der Waals surface area contributed by atoms with Crippen molar-refractivity contribution in [1.82, 2.24) is 0 Å². The first-order valence-corrected chi connectivity index (χ1v) is 5.83. The van der Waals surface area contributed by atoms with E-state index in [4.69, 9.17) is 5.11 Å². The number of aromatic carboxylic acids is 1. The summed E-state index contributed by atoms with van der Waals surface area (Å²) in [5, 5.41) is 22.7. The van der Waals surface area contributed by atoms with Gasteiger partial charge in [0.15, 0.2) is 0 Å². The molecule has 0 bridgehead atoms. The smallest absolute Gasteiger partial charge is 0.335 e. The number of nitro groups is 1. The van der Waals surface area contributed by atoms with E-state index in [2.05, 4.69) is 5.32 Å². The van der Waals surface area contributed by atoms with Crippen LogP contribution in [-0.4, -0.2) is 16.0 Å². The second-order valence-electron chi connectivity index (χ2n) is 4.29. The van der Waals surface area contributed by atoms with Crippen molar-refractivity contribution < 1.29 is 14.8 Å². The van der Waals surface area contributed by atoms with Gasteiger partial charge in [0.2, 0.25) is 0 Å². The largest absolute Gasteiger partial charge is 0.478 e. The minimum atomic E-state index is -1.02. The van der Waals surface area contributed by atoms with E-state index < -0.39 is 10.9 Å². The molecular weight excluding hydrogens is 260 g/mol. The molecule has 0 heterocycles. The maximum absolute atomic E-state index is 11.0. The molecule has 0 aliphatic carbocycles. The van der Waals surface area contributed by atoms with Gasteiger partial charge in [-0.25, -0.2) is 4.79 Å². The Morgan fingerprint density at radius 2 is 1.85 bits per heavy atom. The lowest BCUT2D eigenvalue weighted by Gasteiger charge is -2.08. The molecule has 0 spiro atoms. The highest BCUT2D eigenvalue weighted by Gasteiger charge is 2.13. The van der Waals surface area contributed by atoms with Crippen molar-refractivity contribution in [3.63, 3.8) is 0 Å². The van der Waals surface area contributed by atoms with E-state index in [0.717, 1.165) is 5.56 Å². The zero-order valence-electron chi connectivity index (χ0n) is 10.7. The van der Waals surface area contributed by atoms with Crippen LogP contribution in [0.3, 0.4) is 0 Å². The fourth-order valence-electron chi connectivity index (χ4n) is 1.76. The zero-order valence-corrected chi connectivity index (χ0v) is 10.7. The summed E-state index contributed by atoms with van der Waals surface area (Å²) in [6.45, 7) is 1.84. The minimum absolute atomic E-state index is 0.0297. The number of benzene rings is 2. The van der Waals surface area contributed by atoms with Crippen molar-refractivity contribution in [3.05, 3.63) is 63.7 Å². The fraction of sp³-hybridized carbons (Fsp3) is 0.0714. The molecule has 20 heavy (non-hydrogen) atoms. The van der Waals surface area contributed by atoms with Crippen LogP contribution in [-0.2, 0) is 0 Å². The first-order chi connectivity index (χ1) is 9.47. The van der Waals surface area contributed by atoms with Crippen LogP contribution in [0.1, 0.15) is 15.9 Å². The number of nitrogens with zero attached hydrogens (tertiary/aromatic N) is 1. The molecule has 6 heteroatoms. The Kier molecular flexibility index (Phi) is 3.65. The second kappa shape index (κ2) is 5.40. The van der Waals surface area contributed by atoms with Crippen molar-refractivity contribution >= 4 is 23.0 Å². The van der Waals surface area contributed by atoms with Crippen molar-refractivity contribution in [1.29, 1.82) is 0 Å². The van der Waals surface area contributed by atoms with Crippen LogP contribution in [0.4, 0.5) is 17.1 Å². The molecule has 0 amide bonds. The quantitative estimate of drug-likeness (QED) is 0.657. The standard InChI is InChI=1S/C14H12N2O4/c1-9-2-7-13(16(19)20)12(8-9)15-11-5-3-10(4-6-11)14(17)18/h2-8,15H,1H3,(H,17,18). The van der Waals surface area contributed by atoms with Crippen molar-refractivity contribution in [2.24, 2.45) is 0 Å². The maximum atomic E-state index is 11.0. The van der Waals surface area contributed by atoms with E-state index in [9.17, 15) is 14.9 Å². The van der Waals surface area contributed by atoms with Gasteiger partial charge in [-0.05, 0) is 42.8 Å². The van der Waals surface area contributed by atoms with Crippen molar-refractivity contribution in [2.75, 3.05) is 5.32 Å². The Hall–Kier alpha value is -2.89. The van der Waals surface area contributed by atoms with E-state index in [1.807, 2.05) is 6.92 Å². The van der Waals surface area contributed by atoms with Crippen LogP contribution in [0.15, 0.2) is 42.5 Å². The Morgan fingerprint density at radius 1 is 1.20 bits per heavy atom. The van der Waals surface area contributed by atoms with Crippen molar-refractivity contribution in [3.8, 4) is 0 Å². The van der Waals surface area contributed by atoms with Crippen LogP contribution >= 0.6 is 0 Å². The molecule has 2 N–H and O–H groups in total. The van der Waals surface area contributed by atoms with Crippen LogP contribution in [0.5, 0.6) is 0 Å². The summed E-state index contributed by atoms with van der Waals surface area (Å²) in [7, 11) is 0. The SMILES string of the molecule is Cc1ccc([N+](=O)[O-])c(Nc2ccc(C(=O)O)cc2)c1. The van der Waals surface area contributed by atoms with E-state index >= 15 is 0 Å². The summed E-state index contributed by atoms with van der Waals surface area (Å²) in [4.78, 5) is 21.2. The molecule has 0 unspecified atom stereocenters. The van der Waals surface area contributed by atoms with Gasteiger partial charge in [0.1, 0.15) is 5.69 Å². The molecule has 0 atom stereocenters. The van der Waals surface area contributed by atoms with Gasteiger partial charge in [0, 0.05) is 11.8 Å². The molecule has 0 saturated carbocycles. The lowest BCUT2D eigenvalue weighted by molar-refractivity contribution is -0.383. The third-order valence-corrected chi connectivity index (χ3v) is 2.76. The summed E-state index contributed by atoms with van der Waals surface area (Å²) >= 11 is 0. The van der Waals surface area contributed by atoms with E-state index in [1.54, 1.807) is 24.3 Å². The van der Waals surface area contributed by atoms with Crippen LogP contribution < -0.4 is 5.32 Å². The molecule has 0 fully saturated rings. The van der Waals surface area contributed by atoms with Gasteiger partial charge in [-0.15, -0.1) is 0 Å². The summed E-state index contributed by atoms with van der Waals surface area (Å²) in [5.41, 5.74) is 1.98. The van der Waals surface area contributed by atoms with E-state index in [1.165, 1.54) is 18.2 Å². The monoisotopic (exact) mass is 272 g/mol. The molecule has 0 aromatic heterocycles. The Morgan fingerprint density at radius 3 is 2.40 bits per heavy atom. The average Bonchev–Trinajstić information content (AvgIpc) is 2.39. The van der Waals surface area contributed by atoms with Crippen LogP contribution in [0.25, 0.3) is 0 Å². The molecule has 6 nitrogen and oxygen atoms in total. The topological polar surface area (TPSA) is 92.5 Å². The van der Waals surface area contributed by atoms with E-state index in [-0.39, 0.29) is 11.3 Å². The fourth-order valence-corrected chi connectivity index (χ4v) is 1.76. The molecular formula is C14H12N2O4. The normalized spacial score (nSPS) is 10.1. The third-order valence-electron chi connectivity index (χ3n) is 2.76. The summed E-state index contributed by atoms with van der Waals surface area (Å²) in [6.07, 6.45) is 0. The summed E-state index contributed by atoms with van der Waals surface area (Å²) in [5.74, 6) is -1.02. The number of carbonyl (C=O) groups is 1. The zero-order chi connectivity index (χ0) is 14.7. The Bertz CT molecular complexity index is 665. The number of anilines is 2. The first kappa shape index (κ1) is 13.5. The highest BCUT2D eigenvalue weighted by molar-refractivity contribution is 5.88. The molecule has 2 aromatic carbocycles. The molecule has 0 aliphatic rings. The number of nitro benzene ring substituents is 1. The third kappa shape index (κ3) is 2.92. The number of carboxylic acid groups (broad SMARTS) is 1. The van der Waals surface area contributed by atoms with E-state index in [0.29, 0.717) is 11.4 Å². The maximum Gasteiger partial charge on any atom is 0.335 e. The second-order valence-corrected chi connectivity index (χ2v) is 4.29.